The molecular formula is C18H26ClFN3O5PS. The van der Waals surface area contributed by atoms with Gasteiger partial charge in [-0.15, -0.1) is 0 Å². The summed E-state index contributed by atoms with van der Waals surface area (Å²) in [5.74, 6) is -0.569. The van der Waals surface area contributed by atoms with Crippen LogP contribution in [0, 0.1) is 4.91 Å². The topological polar surface area (TPSA) is 117 Å². The molecule has 4 unspecified atom stereocenters. The number of nitrogens with zero attached hydrogens (tertiary/aromatic N) is 1. The van der Waals surface area contributed by atoms with Crippen LogP contribution in [0.4, 0.5) is 4.39 Å². The molecule has 0 saturated carbocycles. The van der Waals surface area contributed by atoms with E-state index in [1.54, 1.807) is 6.26 Å². The van der Waals surface area contributed by atoms with Gasteiger partial charge in [-0.2, -0.15) is 0 Å². The number of aliphatic hydroxyl groups is 1. The van der Waals surface area contributed by atoms with Crippen molar-refractivity contribution in [3.8, 4) is 0 Å². The Kier molecular flexibility index (Phi) is 6.63. The normalized spacial score (nSPS) is 37.1. The monoisotopic (exact) mass is 481 g/mol. The molecule has 3 aliphatic heterocycles. The summed E-state index contributed by atoms with van der Waals surface area (Å²) in [5.41, 5.74) is -0.537. The molecule has 2 amide bonds. The summed E-state index contributed by atoms with van der Waals surface area (Å²) in [6, 6.07) is 0. The van der Waals surface area contributed by atoms with Crippen molar-refractivity contribution in [2.24, 2.45) is 4.58 Å². The van der Waals surface area contributed by atoms with Crippen molar-refractivity contribution in [2.75, 3.05) is 30.9 Å². The quantitative estimate of drug-likeness (QED) is 0.154. The van der Waals surface area contributed by atoms with Crippen molar-refractivity contribution >= 4 is 41.0 Å². The number of nitrogens with one attached hydrogen (secondary N) is 2. The van der Waals surface area contributed by atoms with E-state index in [1.165, 1.54) is 12.2 Å². The second-order valence-electron chi connectivity index (χ2n) is 8.29. The van der Waals surface area contributed by atoms with E-state index in [2.05, 4.69) is 21.6 Å². The Labute approximate surface area is 181 Å². The van der Waals surface area contributed by atoms with Gasteiger partial charge in [-0.25, -0.2) is 0 Å². The second kappa shape index (κ2) is 8.57. The van der Waals surface area contributed by atoms with Crippen molar-refractivity contribution in [3.05, 3.63) is 40.8 Å². The Balaban J connectivity index is 1.53. The minimum atomic E-state index is -2.55. The Morgan fingerprint density at radius 3 is 2.83 bits per heavy atom. The van der Waals surface area contributed by atoms with Crippen molar-refractivity contribution < 1.29 is 23.8 Å². The molecule has 0 aromatic rings. The van der Waals surface area contributed by atoms with Crippen molar-refractivity contribution in [1.29, 1.82) is 0 Å². The molecule has 0 spiro atoms. The third-order valence-corrected chi connectivity index (χ3v) is 13.5. The number of halogens is 2. The molecule has 3 saturated heterocycles. The van der Waals surface area contributed by atoms with Crippen LogP contribution in [0.5, 0.6) is 0 Å². The predicted octanol–water partition coefficient (Wildman–Crippen LogP) is 2.38. The van der Waals surface area contributed by atoms with Crippen LogP contribution in [0.1, 0.15) is 12.8 Å². The molecule has 3 fully saturated rings. The standard InChI is InChI=1S/C18H26ClFN3O5PS/c1-12(3-4-13(19)8-20)28-9-15(24)22-29-6-5-18(11-29,7-16(29)25)21-17(26)14-10-30(14,2)23-27/h3-4,8,14,16,25,29H,1,5-7,9-11H2,2H3,(H,21,26)(H,22,24)/b4-3-,13-8-. The van der Waals surface area contributed by atoms with Crippen LogP contribution in [-0.2, 0) is 14.3 Å². The van der Waals surface area contributed by atoms with Crippen molar-refractivity contribution in [3.63, 3.8) is 0 Å². The van der Waals surface area contributed by atoms with Gasteiger partial charge in [0, 0.05) is 0 Å². The zero-order chi connectivity index (χ0) is 22.2. The number of ether oxygens (including phenoxy) is 1. The molecule has 4 atom stereocenters. The molecule has 0 aromatic heterocycles. The molecule has 3 aliphatic rings. The van der Waals surface area contributed by atoms with Gasteiger partial charge in [0.25, 0.3) is 0 Å². The number of carbonyl (C=O) groups excluding carboxylic acids is 2. The minimum absolute atomic E-state index is 0.133. The Bertz CT molecular complexity index is 845. The summed E-state index contributed by atoms with van der Waals surface area (Å²) in [7, 11) is -4.27. The third kappa shape index (κ3) is 4.72. The van der Waals surface area contributed by atoms with Gasteiger partial charge in [-0.05, 0) is 0 Å². The van der Waals surface area contributed by atoms with Gasteiger partial charge in [-0.1, -0.05) is 0 Å². The van der Waals surface area contributed by atoms with Gasteiger partial charge in [0.1, 0.15) is 0 Å². The SMILES string of the molecule is C=C(/C=C\C(Cl)=C\F)OCC(=O)N[PH]12CCC(NC(=O)C3CS3(C)N=O)(CC1O)C2. The number of fused-ring (bicyclic) bond motifs is 2. The number of amides is 2. The summed E-state index contributed by atoms with van der Waals surface area (Å²) in [6.45, 7) is 3.30. The van der Waals surface area contributed by atoms with Gasteiger partial charge >= 0.3 is 181 Å². The van der Waals surface area contributed by atoms with E-state index in [0.717, 1.165) is 0 Å². The van der Waals surface area contributed by atoms with Gasteiger partial charge in [-0.3, -0.25) is 0 Å². The molecule has 12 heteroatoms. The van der Waals surface area contributed by atoms with E-state index in [9.17, 15) is 24.0 Å². The van der Waals surface area contributed by atoms with Gasteiger partial charge in [0.05, 0.1) is 0 Å². The van der Waals surface area contributed by atoms with Crippen LogP contribution in [0.3, 0.4) is 0 Å². The fourth-order valence-electron chi connectivity index (χ4n) is 4.34. The first-order chi connectivity index (χ1) is 14.1. The summed E-state index contributed by atoms with van der Waals surface area (Å²) in [6.07, 6.45) is 6.81. The summed E-state index contributed by atoms with van der Waals surface area (Å²) in [5, 5.41) is 16.2. The summed E-state index contributed by atoms with van der Waals surface area (Å²) >= 11 is 5.49. The molecule has 30 heavy (non-hydrogen) atoms. The van der Waals surface area contributed by atoms with E-state index in [0.29, 0.717) is 30.9 Å². The molecule has 3 N–H and O–H groups in total. The number of rotatable bonds is 9. The average molecular weight is 482 g/mol. The van der Waals surface area contributed by atoms with Crippen LogP contribution in [-0.4, -0.2) is 64.5 Å². The number of aliphatic hydroxyl groups excluding tert-OH is 1. The zero-order valence-electron chi connectivity index (χ0n) is 16.5. The molecule has 8 nitrogen and oxygen atoms in total. The first-order valence-electron chi connectivity index (χ1n) is 9.43. The van der Waals surface area contributed by atoms with E-state index < -0.39 is 29.0 Å². The molecule has 168 valence electrons. The molecule has 0 aromatic carbocycles. The molecule has 0 radical (unpaired) electrons. The number of allylic oxidation sites excluding steroid dienone is 3. The first kappa shape index (κ1) is 23.2. The number of hydrogen-bond acceptors (Lipinski definition) is 6. The summed E-state index contributed by atoms with van der Waals surface area (Å²) in [4.78, 5) is 35.8. The van der Waals surface area contributed by atoms with Gasteiger partial charge < -0.3 is 0 Å². The Hall–Kier alpha value is -1.48. The molecule has 2 bridgehead atoms. The van der Waals surface area contributed by atoms with Crippen LogP contribution in [0.15, 0.2) is 40.4 Å². The van der Waals surface area contributed by atoms with Crippen LogP contribution in [0.2, 0.25) is 0 Å². The second-order valence-corrected chi connectivity index (χ2v) is 16.1. The van der Waals surface area contributed by atoms with E-state index >= 15 is 0 Å². The van der Waals surface area contributed by atoms with Gasteiger partial charge in [0.15, 0.2) is 0 Å². The van der Waals surface area contributed by atoms with Crippen molar-refractivity contribution in [2.45, 2.75) is 29.5 Å². The van der Waals surface area contributed by atoms with E-state index in [-0.39, 0.29) is 40.8 Å². The zero-order valence-corrected chi connectivity index (χ0v) is 19.1. The number of hydrogen-bond donors (Lipinski definition) is 3. The number of carbonyl (C=O) groups is 2. The molecule has 0 aliphatic carbocycles. The van der Waals surface area contributed by atoms with Crippen LogP contribution in [0.25, 0.3) is 0 Å². The average Bonchev–Trinajstić information content (AvgIpc) is 3.17. The fraction of sp³-hybridized carbons (Fsp3) is 0.556. The maximum absolute atomic E-state index is 12.5. The number of nitroso groups, excluding NO2 is 1. The van der Waals surface area contributed by atoms with E-state index in [1.807, 2.05) is 0 Å². The van der Waals surface area contributed by atoms with Gasteiger partial charge in [0.2, 0.25) is 0 Å². The predicted molar refractivity (Wildman–Crippen MR) is 120 cm³/mol. The third-order valence-electron chi connectivity index (χ3n) is 6.07. The maximum atomic E-state index is 12.5. The van der Waals surface area contributed by atoms with Crippen LogP contribution < -0.4 is 10.4 Å². The van der Waals surface area contributed by atoms with Crippen molar-refractivity contribution in [1.82, 2.24) is 10.4 Å². The fourth-order valence-corrected chi connectivity index (χ4v) is 11.4. The molecule has 3 rings (SSSR count). The first-order valence-corrected chi connectivity index (χ1v) is 14.5. The van der Waals surface area contributed by atoms with Crippen LogP contribution >= 0.6 is 29.2 Å². The Morgan fingerprint density at radius 1 is 1.50 bits per heavy atom. The molecule has 3 heterocycles. The Morgan fingerprint density at radius 2 is 2.23 bits per heavy atom. The van der Waals surface area contributed by atoms with E-state index in [4.69, 9.17) is 16.3 Å². The molecular weight excluding hydrogens is 456 g/mol. The summed E-state index contributed by atoms with van der Waals surface area (Å²) < 4.78 is 20.5.